The molecule has 2 aromatic rings. The number of carbonyl (C=O) groups is 1. The quantitative estimate of drug-likeness (QED) is 0.462. The molecule has 0 aliphatic rings. The van der Waals surface area contributed by atoms with Crippen molar-refractivity contribution in [3.63, 3.8) is 0 Å². The first-order chi connectivity index (χ1) is 8.95. The summed E-state index contributed by atoms with van der Waals surface area (Å²) in [5.74, 6) is -0.859. The molecule has 98 valence electrons. The summed E-state index contributed by atoms with van der Waals surface area (Å²) in [5, 5.41) is 24.8. The van der Waals surface area contributed by atoms with E-state index in [-0.39, 0.29) is 16.7 Å². The second-order valence-corrected chi connectivity index (χ2v) is 3.37. The van der Waals surface area contributed by atoms with Crippen molar-refractivity contribution in [1.29, 1.82) is 0 Å². The maximum atomic E-state index is 11.3. The maximum absolute atomic E-state index is 11.3. The van der Waals surface area contributed by atoms with Crippen LogP contribution in [0.2, 0.25) is 0 Å². The van der Waals surface area contributed by atoms with Crippen molar-refractivity contribution in [2.75, 3.05) is 7.11 Å². The van der Waals surface area contributed by atoms with Gasteiger partial charge in [-0.25, -0.2) is 4.79 Å². The zero-order chi connectivity index (χ0) is 14.2. The molecule has 0 unspecified atom stereocenters. The lowest BCUT2D eigenvalue weighted by molar-refractivity contribution is -0.422. The number of aromatic nitrogens is 1. The van der Waals surface area contributed by atoms with Crippen LogP contribution < -0.4 is 0 Å². The lowest BCUT2D eigenvalue weighted by Gasteiger charge is -1.95. The molecule has 19 heavy (non-hydrogen) atoms. The minimum atomic E-state index is -0.925. The second kappa shape index (κ2) is 4.33. The summed E-state index contributed by atoms with van der Waals surface area (Å²) in [6.45, 7) is 0. The molecular formula is C9H5N3O7. The summed E-state index contributed by atoms with van der Waals surface area (Å²) in [7, 11) is 1.10. The van der Waals surface area contributed by atoms with Crippen LogP contribution in [-0.2, 0) is 4.74 Å². The first-order valence-corrected chi connectivity index (χ1v) is 4.76. The van der Waals surface area contributed by atoms with Gasteiger partial charge in [0.15, 0.2) is 11.3 Å². The van der Waals surface area contributed by atoms with E-state index >= 15 is 0 Å². The Morgan fingerprint density at radius 1 is 1.26 bits per heavy atom. The van der Waals surface area contributed by atoms with E-state index in [1.807, 2.05) is 0 Å². The Morgan fingerprint density at radius 2 is 1.84 bits per heavy atom. The highest BCUT2D eigenvalue weighted by molar-refractivity contribution is 6.02. The van der Waals surface area contributed by atoms with Crippen molar-refractivity contribution in [3.05, 3.63) is 38.1 Å². The number of carbonyl (C=O) groups excluding carboxylic acids is 1. The second-order valence-electron chi connectivity index (χ2n) is 3.37. The number of hydrogen-bond donors (Lipinski definition) is 0. The van der Waals surface area contributed by atoms with Crippen LogP contribution in [-0.4, -0.2) is 28.1 Å². The van der Waals surface area contributed by atoms with Crippen LogP contribution >= 0.6 is 0 Å². The average Bonchev–Trinajstić information content (AvgIpc) is 2.78. The maximum Gasteiger partial charge on any atom is 0.360 e. The van der Waals surface area contributed by atoms with Crippen LogP contribution in [0, 0.1) is 20.2 Å². The van der Waals surface area contributed by atoms with Gasteiger partial charge in [-0.2, -0.15) is 0 Å². The van der Waals surface area contributed by atoms with Crippen LogP contribution in [0.1, 0.15) is 10.5 Å². The predicted octanol–water partition coefficient (Wildman–Crippen LogP) is 1.43. The van der Waals surface area contributed by atoms with Gasteiger partial charge in [0.05, 0.1) is 28.4 Å². The van der Waals surface area contributed by atoms with Crippen LogP contribution in [0.25, 0.3) is 11.0 Å². The molecule has 0 N–H and O–H groups in total. The van der Waals surface area contributed by atoms with Gasteiger partial charge in [0.25, 0.3) is 0 Å². The number of hydrogen-bond acceptors (Lipinski definition) is 8. The SMILES string of the molecule is COC(=O)c1noc2cc([N+](=O)[O-])c([N+](=O)[O-])cc12. The Labute approximate surface area is 103 Å². The van der Waals surface area contributed by atoms with E-state index in [1.165, 1.54) is 0 Å². The number of esters is 1. The molecule has 0 atom stereocenters. The number of nitro groups is 2. The Balaban J connectivity index is 2.77. The normalized spacial score (nSPS) is 10.4. The van der Waals surface area contributed by atoms with Gasteiger partial charge in [-0.3, -0.25) is 20.2 Å². The monoisotopic (exact) mass is 267 g/mol. The van der Waals surface area contributed by atoms with Crippen molar-refractivity contribution in [1.82, 2.24) is 5.16 Å². The smallest absolute Gasteiger partial charge is 0.360 e. The highest BCUT2D eigenvalue weighted by Gasteiger charge is 2.29. The van der Waals surface area contributed by atoms with Crippen LogP contribution in [0.5, 0.6) is 0 Å². The average molecular weight is 267 g/mol. The molecule has 1 heterocycles. The lowest BCUT2D eigenvalue weighted by atomic mass is 10.1. The number of ether oxygens (including phenoxy) is 1. The minimum Gasteiger partial charge on any atom is -0.464 e. The molecule has 10 heteroatoms. The fourth-order valence-corrected chi connectivity index (χ4v) is 1.50. The molecular weight excluding hydrogens is 262 g/mol. The predicted molar refractivity (Wildman–Crippen MR) is 58.7 cm³/mol. The van der Waals surface area contributed by atoms with Gasteiger partial charge in [0.1, 0.15) is 0 Å². The first-order valence-electron chi connectivity index (χ1n) is 4.76. The third-order valence-electron chi connectivity index (χ3n) is 2.34. The van der Waals surface area contributed by atoms with Crippen LogP contribution in [0.4, 0.5) is 11.4 Å². The van der Waals surface area contributed by atoms with Crippen LogP contribution in [0.15, 0.2) is 16.7 Å². The van der Waals surface area contributed by atoms with Crippen LogP contribution in [0.3, 0.4) is 0 Å². The molecule has 0 aliphatic carbocycles. The van der Waals surface area contributed by atoms with E-state index in [9.17, 15) is 25.0 Å². The number of fused-ring (bicyclic) bond motifs is 1. The van der Waals surface area contributed by atoms with Gasteiger partial charge >= 0.3 is 17.3 Å². The fraction of sp³-hybridized carbons (Fsp3) is 0.111. The molecule has 0 fully saturated rings. The molecule has 0 bridgehead atoms. The van der Waals surface area contributed by atoms with Gasteiger partial charge in [0, 0.05) is 6.07 Å². The van der Waals surface area contributed by atoms with E-state index in [1.54, 1.807) is 0 Å². The van der Waals surface area contributed by atoms with E-state index in [0.29, 0.717) is 0 Å². The highest BCUT2D eigenvalue weighted by Crippen LogP contribution is 2.33. The van der Waals surface area contributed by atoms with Crippen molar-refractivity contribution in [2.45, 2.75) is 0 Å². The molecule has 10 nitrogen and oxygen atoms in total. The van der Waals surface area contributed by atoms with Gasteiger partial charge in [-0.15, -0.1) is 0 Å². The standard InChI is InChI=1S/C9H5N3O7/c1-18-9(13)8-4-2-5(11(14)15)6(12(16)17)3-7(4)19-10-8/h2-3H,1H3. The molecule has 1 aromatic carbocycles. The third kappa shape index (κ3) is 1.94. The first kappa shape index (κ1) is 12.4. The number of nitro benzene ring substituents is 2. The number of rotatable bonds is 3. The Kier molecular flexibility index (Phi) is 2.83. The van der Waals surface area contributed by atoms with Crippen molar-refractivity contribution in [2.24, 2.45) is 0 Å². The van der Waals surface area contributed by atoms with Crippen molar-refractivity contribution >= 4 is 28.3 Å². The van der Waals surface area contributed by atoms with Gasteiger partial charge in [0.2, 0.25) is 0 Å². The molecule has 0 aliphatic heterocycles. The van der Waals surface area contributed by atoms with Crippen molar-refractivity contribution < 1.29 is 23.9 Å². The Hall–Kier alpha value is -3.04. The summed E-state index contributed by atoms with van der Waals surface area (Å²) in [5.41, 5.74) is -1.90. The summed E-state index contributed by atoms with van der Waals surface area (Å²) in [6, 6.07) is 1.70. The molecule has 0 radical (unpaired) electrons. The summed E-state index contributed by atoms with van der Waals surface area (Å²) < 4.78 is 9.14. The minimum absolute atomic E-state index is 0.0239. The van der Waals surface area contributed by atoms with Crippen molar-refractivity contribution in [3.8, 4) is 0 Å². The van der Waals surface area contributed by atoms with E-state index in [2.05, 4.69) is 9.89 Å². The molecule has 0 saturated carbocycles. The molecule has 1 aromatic heterocycles. The third-order valence-corrected chi connectivity index (χ3v) is 2.34. The van der Waals surface area contributed by atoms with Gasteiger partial charge in [-0.1, -0.05) is 5.16 Å². The Bertz CT molecular complexity index is 705. The summed E-state index contributed by atoms with van der Waals surface area (Å²) in [6.07, 6.45) is 0. The largest absolute Gasteiger partial charge is 0.464 e. The molecule has 2 rings (SSSR count). The highest BCUT2D eigenvalue weighted by atomic mass is 16.6. The molecule has 0 amide bonds. The fourth-order valence-electron chi connectivity index (χ4n) is 1.50. The van der Waals surface area contributed by atoms with E-state index in [4.69, 9.17) is 4.52 Å². The molecule has 0 saturated heterocycles. The number of nitrogens with zero attached hydrogens (tertiary/aromatic N) is 3. The number of benzene rings is 1. The summed E-state index contributed by atoms with van der Waals surface area (Å²) in [4.78, 5) is 31.0. The zero-order valence-corrected chi connectivity index (χ0v) is 9.35. The van der Waals surface area contributed by atoms with Gasteiger partial charge in [-0.05, 0) is 0 Å². The Morgan fingerprint density at radius 3 is 2.37 bits per heavy atom. The zero-order valence-electron chi connectivity index (χ0n) is 9.35. The van der Waals surface area contributed by atoms with Gasteiger partial charge < -0.3 is 9.26 Å². The molecule has 0 spiro atoms. The van der Waals surface area contributed by atoms with E-state index < -0.39 is 27.2 Å². The topological polar surface area (TPSA) is 139 Å². The summed E-state index contributed by atoms with van der Waals surface area (Å²) >= 11 is 0. The lowest BCUT2D eigenvalue weighted by Crippen LogP contribution is -2.02. The van der Waals surface area contributed by atoms with E-state index in [0.717, 1.165) is 19.2 Å². The number of methoxy groups -OCH3 is 1.